The van der Waals surface area contributed by atoms with Gasteiger partial charge in [0.05, 0.1) is 11.0 Å². The van der Waals surface area contributed by atoms with Gasteiger partial charge in [-0.1, -0.05) is 83.9 Å². The van der Waals surface area contributed by atoms with Crippen LogP contribution in [-0.4, -0.2) is 9.97 Å². The van der Waals surface area contributed by atoms with Gasteiger partial charge in [-0.3, -0.25) is 0 Å². The number of nitrogens with zero attached hydrogens (tertiary/aromatic N) is 2. The number of hydrogen-bond donors (Lipinski definition) is 1. The number of aromatic nitrogens is 2. The number of rotatable bonds is 4. The molecule has 0 fully saturated rings. The van der Waals surface area contributed by atoms with Gasteiger partial charge < -0.3 is 5.32 Å². The normalized spacial score (nSPS) is 11.1. The fourth-order valence-corrected chi connectivity index (χ4v) is 4.71. The Kier molecular flexibility index (Phi) is 5.57. The van der Waals surface area contributed by atoms with Gasteiger partial charge in [0, 0.05) is 20.8 Å². The molecule has 0 radical (unpaired) electrons. The first-order valence-corrected chi connectivity index (χ1v) is 12.0. The second-order valence-corrected chi connectivity index (χ2v) is 9.16. The molecule has 0 bridgehead atoms. The molecule has 5 heteroatoms. The van der Waals surface area contributed by atoms with Crippen LogP contribution in [-0.2, 0) is 0 Å². The molecule has 168 valence electrons. The number of hydrogen-bond acceptors (Lipinski definition) is 3. The Balaban J connectivity index is 1.51. The average molecular weight is 492 g/mol. The molecule has 1 N–H and O–H groups in total. The Morgan fingerprint density at radius 3 is 1.34 bits per heavy atom. The van der Waals surface area contributed by atoms with E-state index in [4.69, 9.17) is 33.2 Å². The van der Waals surface area contributed by atoms with E-state index in [1.165, 1.54) is 0 Å². The van der Waals surface area contributed by atoms with Gasteiger partial charge in [0.15, 0.2) is 0 Å². The van der Waals surface area contributed by atoms with Gasteiger partial charge in [-0.15, -0.1) is 0 Å². The van der Waals surface area contributed by atoms with Crippen molar-refractivity contribution in [2.24, 2.45) is 0 Å². The van der Waals surface area contributed by atoms with E-state index in [9.17, 15) is 0 Å². The van der Waals surface area contributed by atoms with Crippen LogP contribution in [0.3, 0.4) is 0 Å². The summed E-state index contributed by atoms with van der Waals surface area (Å²) in [6.45, 7) is 0. The van der Waals surface area contributed by atoms with Crippen molar-refractivity contribution in [3.05, 3.63) is 119 Å². The second-order valence-electron chi connectivity index (χ2n) is 8.29. The maximum Gasteiger partial charge on any atom is 0.132 e. The molecule has 0 aliphatic rings. The molecule has 0 saturated carbocycles. The number of anilines is 2. The van der Waals surface area contributed by atoms with Gasteiger partial charge >= 0.3 is 0 Å². The highest BCUT2D eigenvalue weighted by molar-refractivity contribution is 6.32. The zero-order valence-electron chi connectivity index (χ0n) is 18.5. The van der Waals surface area contributed by atoms with E-state index in [1.54, 1.807) is 0 Å². The quantitative estimate of drug-likeness (QED) is 0.267. The van der Waals surface area contributed by atoms with Crippen LogP contribution in [0.15, 0.2) is 109 Å². The topological polar surface area (TPSA) is 37.8 Å². The molecule has 0 aliphatic carbocycles. The van der Waals surface area contributed by atoms with Crippen molar-refractivity contribution in [3.8, 4) is 22.3 Å². The third-order valence-electron chi connectivity index (χ3n) is 5.97. The SMILES string of the molecule is Clc1ccc2nc(Nc3cc(-c4ccccc4)c4cc(Cl)ccc4n3)cc(-c3ccccc3)c2c1. The van der Waals surface area contributed by atoms with E-state index in [0.29, 0.717) is 21.7 Å². The van der Waals surface area contributed by atoms with Crippen LogP contribution in [0.5, 0.6) is 0 Å². The summed E-state index contributed by atoms with van der Waals surface area (Å²) in [6, 6.07) is 36.1. The molecule has 3 nitrogen and oxygen atoms in total. The van der Waals surface area contributed by atoms with Crippen LogP contribution in [0, 0.1) is 0 Å². The van der Waals surface area contributed by atoms with E-state index in [0.717, 1.165) is 44.1 Å². The summed E-state index contributed by atoms with van der Waals surface area (Å²) >= 11 is 12.7. The first-order chi connectivity index (χ1) is 17.1. The minimum atomic E-state index is 0.680. The van der Waals surface area contributed by atoms with Crippen LogP contribution < -0.4 is 5.32 Å². The zero-order valence-corrected chi connectivity index (χ0v) is 20.1. The molecule has 6 aromatic rings. The first kappa shape index (κ1) is 21.6. The van der Waals surface area contributed by atoms with Gasteiger partial charge in [-0.05, 0) is 70.8 Å². The maximum atomic E-state index is 6.33. The molecule has 6 rings (SSSR count). The molecule has 35 heavy (non-hydrogen) atoms. The molecule has 2 aromatic heterocycles. The van der Waals surface area contributed by atoms with Crippen molar-refractivity contribution >= 4 is 56.6 Å². The van der Waals surface area contributed by atoms with E-state index in [1.807, 2.05) is 84.9 Å². The van der Waals surface area contributed by atoms with Crippen molar-refractivity contribution in [1.29, 1.82) is 0 Å². The summed E-state index contributed by atoms with van der Waals surface area (Å²) in [4.78, 5) is 9.73. The smallest absolute Gasteiger partial charge is 0.132 e. The Hall–Kier alpha value is -3.92. The molecule has 0 spiro atoms. The predicted octanol–water partition coefficient (Wildman–Crippen LogP) is 9.17. The largest absolute Gasteiger partial charge is 0.325 e. The van der Waals surface area contributed by atoms with Crippen molar-refractivity contribution in [3.63, 3.8) is 0 Å². The molecule has 0 amide bonds. The summed E-state index contributed by atoms with van der Waals surface area (Å²) in [7, 11) is 0. The van der Waals surface area contributed by atoms with Crippen LogP contribution in [0.4, 0.5) is 11.6 Å². The predicted molar refractivity (Wildman–Crippen MR) is 148 cm³/mol. The Morgan fingerprint density at radius 1 is 0.486 bits per heavy atom. The highest BCUT2D eigenvalue weighted by atomic mass is 35.5. The highest BCUT2D eigenvalue weighted by Crippen LogP contribution is 2.35. The van der Waals surface area contributed by atoms with Gasteiger partial charge in [0.1, 0.15) is 11.6 Å². The monoisotopic (exact) mass is 491 g/mol. The van der Waals surface area contributed by atoms with Crippen LogP contribution in [0.1, 0.15) is 0 Å². The summed E-state index contributed by atoms with van der Waals surface area (Å²) in [6.07, 6.45) is 0. The summed E-state index contributed by atoms with van der Waals surface area (Å²) in [5.41, 5.74) is 6.00. The number of pyridine rings is 2. The van der Waals surface area contributed by atoms with Crippen molar-refractivity contribution in [2.75, 3.05) is 5.32 Å². The van der Waals surface area contributed by atoms with E-state index >= 15 is 0 Å². The Morgan fingerprint density at radius 2 is 0.914 bits per heavy atom. The number of nitrogens with one attached hydrogen (secondary N) is 1. The third kappa shape index (κ3) is 4.32. The van der Waals surface area contributed by atoms with Crippen LogP contribution >= 0.6 is 23.2 Å². The van der Waals surface area contributed by atoms with Crippen molar-refractivity contribution in [2.45, 2.75) is 0 Å². The van der Waals surface area contributed by atoms with Crippen LogP contribution in [0.2, 0.25) is 10.0 Å². The molecule has 0 saturated heterocycles. The molecule has 0 aliphatic heterocycles. The van der Waals surface area contributed by atoms with Crippen molar-refractivity contribution in [1.82, 2.24) is 9.97 Å². The lowest BCUT2D eigenvalue weighted by molar-refractivity contribution is 1.31. The zero-order chi connectivity index (χ0) is 23.8. The molecule has 0 unspecified atom stereocenters. The lowest BCUT2D eigenvalue weighted by Crippen LogP contribution is -1.99. The second kappa shape index (κ2) is 9.03. The standard InChI is InChI=1S/C30H19Cl2N3/c31-21-11-13-27-25(15-21)23(19-7-3-1-4-8-19)17-29(33-27)35-30-18-24(20-9-5-2-6-10-20)26-16-22(32)12-14-28(26)34-30/h1-18H,(H,33,34,35). The fourth-order valence-electron chi connectivity index (χ4n) is 4.37. The summed E-state index contributed by atoms with van der Waals surface area (Å²) in [5.74, 6) is 1.41. The molecular formula is C30H19Cl2N3. The Labute approximate surface area is 213 Å². The minimum absolute atomic E-state index is 0.680. The van der Waals surface area contributed by atoms with E-state index < -0.39 is 0 Å². The molecule has 2 heterocycles. The van der Waals surface area contributed by atoms with E-state index in [-0.39, 0.29) is 0 Å². The van der Waals surface area contributed by atoms with Crippen molar-refractivity contribution < 1.29 is 0 Å². The summed E-state index contributed by atoms with van der Waals surface area (Å²) < 4.78 is 0. The summed E-state index contributed by atoms with van der Waals surface area (Å²) in [5, 5.41) is 6.81. The number of halogens is 2. The van der Waals surface area contributed by atoms with E-state index in [2.05, 4.69) is 29.6 Å². The number of benzene rings is 4. The lowest BCUT2D eigenvalue weighted by atomic mass is 10.0. The maximum absolute atomic E-state index is 6.33. The number of fused-ring (bicyclic) bond motifs is 2. The fraction of sp³-hybridized carbons (Fsp3) is 0. The first-order valence-electron chi connectivity index (χ1n) is 11.2. The molecule has 4 aromatic carbocycles. The molecular weight excluding hydrogens is 473 g/mol. The van der Waals surface area contributed by atoms with Gasteiger partial charge in [0.2, 0.25) is 0 Å². The van der Waals surface area contributed by atoms with Gasteiger partial charge in [-0.25, -0.2) is 9.97 Å². The van der Waals surface area contributed by atoms with Gasteiger partial charge in [0.25, 0.3) is 0 Å². The van der Waals surface area contributed by atoms with Crippen LogP contribution in [0.25, 0.3) is 44.1 Å². The minimum Gasteiger partial charge on any atom is -0.325 e. The lowest BCUT2D eigenvalue weighted by Gasteiger charge is -2.14. The average Bonchev–Trinajstić information content (AvgIpc) is 2.89. The molecule has 0 atom stereocenters. The third-order valence-corrected chi connectivity index (χ3v) is 6.44. The highest BCUT2D eigenvalue weighted by Gasteiger charge is 2.12. The van der Waals surface area contributed by atoms with Gasteiger partial charge in [-0.2, -0.15) is 0 Å². The Bertz CT molecular complexity index is 1560.